The van der Waals surface area contributed by atoms with E-state index in [2.05, 4.69) is 10.6 Å². The van der Waals surface area contributed by atoms with Crippen molar-refractivity contribution in [3.05, 3.63) is 47.5 Å². The zero-order valence-electron chi connectivity index (χ0n) is 18.9. The van der Waals surface area contributed by atoms with Gasteiger partial charge in [-0.15, -0.1) is 0 Å². The molecule has 0 heterocycles. The summed E-state index contributed by atoms with van der Waals surface area (Å²) >= 11 is 0. The first-order valence-electron chi connectivity index (χ1n) is 10.6. The number of nitrogens with one attached hydrogen (secondary N) is 2. The van der Waals surface area contributed by atoms with Crippen LogP contribution in [-0.4, -0.2) is 52.3 Å². The second kappa shape index (κ2) is 10.7. The fourth-order valence-corrected chi connectivity index (χ4v) is 4.10. The van der Waals surface area contributed by atoms with Crippen molar-refractivity contribution in [2.75, 3.05) is 28.4 Å². The van der Waals surface area contributed by atoms with Crippen molar-refractivity contribution >= 4 is 11.8 Å². The molecule has 1 aliphatic rings. The monoisotopic (exact) mass is 442 g/mol. The third-order valence-electron chi connectivity index (χ3n) is 5.69. The van der Waals surface area contributed by atoms with Crippen LogP contribution in [0.25, 0.3) is 0 Å². The number of para-hydroxylation sites is 2. The van der Waals surface area contributed by atoms with E-state index in [0.29, 0.717) is 34.1 Å². The van der Waals surface area contributed by atoms with Crippen LogP contribution in [0.1, 0.15) is 46.4 Å². The molecule has 8 heteroatoms. The molecule has 1 saturated carbocycles. The number of hydrogen-bond acceptors (Lipinski definition) is 6. The highest BCUT2D eigenvalue weighted by Gasteiger charge is 2.30. The Kier molecular flexibility index (Phi) is 7.81. The molecule has 0 aromatic heterocycles. The molecule has 3 rings (SSSR count). The maximum atomic E-state index is 13.1. The van der Waals surface area contributed by atoms with Gasteiger partial charge in [-0.3, -0.25) is 9.59 Å². The number of amides is 2. The summed E-state index contributed by atoms with van der Waals surface area (Å²) in [4.78, 5) is 26.1. The van der Waals surface area contributed by atoms with Gasteiger partial charge in [0.2, 0.25) is 0 Å². The van der Waals surface area contributed by atoms with Gasteiger partial charge >= 0.3 is 0 Å². The standard InChI is InChI=1S/C24H30N2O6/c1-29-19-13-7-9-15(21(19)31-3)23(27)25-17-11-5-6-12-18(17)26-24(28)16-10-8-14-20(30-2)22(16)32-4/h7-10,13-14,17-18H,5-6,11-12H2,1-4H3,(H,25,27)(H,26,28)/t17-,18-/m1/s1. The molecule has 0 saturated heterocycles. The molecule has 2 atom stereocenters. The van der Waals surface area contributed by atoms with E-state index < -0.39 is 0 Å². The van der Waals surface area contributed by atoms with Crippen molar-refractivity contribution in [1.82, 2.24) is 10.6 Å². The van der Waals surface area contributed by atoms with E-state index in [9.17, 15) is 9.59 Å². The molecule has 8 nitrogen and oxygen atoms in total. The Hall–Kier alpha value is -3.42. The average molecular weight is 443 g/mol. The Morgan fingerprint density at radius 3 is 1.44 bits per heavy atom. The van der Waals surface area contributed by atoms with Gasteiger partial charge in [0.05, 0.1) is 39.6 Å². The van der Waals surface area contributed by atoms with Crippen molar-refractivity contribution in [2.45, 2.75) is 37.8 Å². The van der Waals surface area contributed by atoms with Crippen molar-refractivity contribution in [2.24, 2.45) is 0 Å². The van der Waals surface area contributed by atoms with Crippen LogP contribution < -0.4 is 29.6 Å². The quantitative estimate of drug-likeness (QED) is 0.652. The minimum atomic E-state index is -0.272. The van der Waals surface area contributed by atoms with Crippen LogP contribution in [0.3, 0.4) is 0 Å². The smallest absolute Gasteiger partial charge is 0.255 e. The van der Waals surface area contributed by atoms with E-state index in [0.717, 1.165) is 25.7 Å². The van der Waals surface area contributed by atoms with Crippen LogP contribution in [0.2, 0.25) is 0 Å². The molecule has 2 aromatic carbocycles. The lowest BCUT2D eigenvalue weighted by Crippen LogP contribution is -2.53. The fourth-order valence-electron chi connectivity index (χ4n) is 4.10. The Morgan fingerprint density at radius 2 is 1.09 bits per heavy atom. The molecule has 2 N–H and O–H groups in total. The summed E-state index contributed by atoms with van der Waals surface area (Å²) in [5, 5.41) is 6.15. The molecular formula is C24H30N2O6. The van der Waals surface area contributed by atoms with Gasteiger partial charge < -0.3 is 29.6 Å². The lowest BCUT2D eigenvalue weighted by molar-refractivity contribution is 0.0859. The number of rotatable bonds is 8. The summed E-state index contributed by atoms with van der Waals surface area (Å²) in [6, 6.07) is 9.90. The lowest BCUT2D eigenvalue weighted by Gasteiger charge is -2.33. The highest BCUT2D eigenvalue weighted by atomic mass is 16.5. The molecular weight excluding hydrogens is 412 g/mol. The Bertz CT molecular complexity index is 884. The molecule has 0 radical (unpaired) electrons. The minimum absolute atomic E-state index is 0.215. The van der Waals surface area contributed by atoms with Gasteiger partial charge in [0.15, 0.2) is 23.0 Å². The summed E-state index contributed by atoms with van der Waals surface area (Å²) in [5.41, 5.74) is 0.772. The molecule has 0 unspecified atom stereocenters. The molecule has 2 amide bonds. The molecule has 0 bridgehead atoms. The van der Waals surface area contributed by atoms with E-state index >= 15 is 0 Å². The Morgan fingerprint density at radius 1 is 0.688 bits per heavy atom. The van der Waals surface area contributed by atoms with Crippen molar-refractivity contribution in [3.63, 3.8) is 0 Å². The maximum absolute atomic E-state index is 13.1. The molecule has 0 aliphatic heterocycles. The van der Waals surface area contributed by atoms with Crippen molar-refractivity contribution in [1.29, 1.82) is 0 Å². The average Bonchev–Trinajstić information content (AvgIpc) is 2.83. The SMILES string of the molecule is COc1cccc(C(=O)N[C@@H]2CCCC[C@H]2NC(=O)c2cccc(OC)c2OC)c1OC. The van der Waals surface area contributed by atoms with E-state index in [1.54, 1.807) is 36.4 Å². The van der Waals surface area contributed by atoms with Gasteiger partial charge in [0, 0.05) is 12.1 Å². The number of carbonyl (C=O) groups is 2. The van der Waals surface area contributed by atoms with Crippen LogP contribution in [0.4, 0.5) is 0 Å². The van der Waals surface area contributed by atoms with Gasteiger partial charge in [-0.2, -0.15) is 0 Å². The van der Waals surface area contributed by atoms with Crippen LogP contribution in [-0.2, 0) is 0 Å². The van der Waals surface area contributed by atoms with Gasteiger partial charge in [-0.25, -0.2) is 0 Å². The highest BCUT2D eigenvalue weighted by molar-refractivity contribution is 5.99. The molecule has 32 heavy (non-hydrogen) atoms. The fraction of sp³-hybridized carbons (Fsp3) is 0.417. The summed E-state index contributed by atoms with van der Waals surface area (Å²) in [6.07, 6.45) is 3.46. The lowest BCUT2D eigenvalue weighted by atomic mass is 9.89. The molecule has 172 valence electrons. The summed E-state index contributed by atoms with van der Waals surface area (Å²) in [5.74, 6) is 1.18. The number of benzene rings is 2. The van der Waals surface area contributed by atoms with Gasteiger partial charge in [-0.05, 0) is 37.1 Å². The third-order valence-corrected chi connectivity index (χ3v) is 5.69. The predicted octanol–water partition coefficient (Wildman–Crippen LogP) is 3.19. The molecule has 1 fully saturated rings. The number of hydrogen-bond donors (Lipinski definition) is 2. The minimum Gasteiger partial charge on any atom is -0.493 e. The van der Waals surface area contributed by atoms with Crippen LogP contribution in [0.15, 0.2) is 36.4 Å². The normalized spacial score (nSPS) is 17.8. The third kappa shape index (κ3) is 4.90. The van der Waals surface area contributed by atoms with E-state index in [-0.39, 0.29) is 23.9 Å². The van der Waals surface area contributed by atoms with Crippen molar-refractivity contribution in [3.8, 4) is 23.0 Å². The Balaban J connectivity index is 1.77. The van der Waals surface area contributed by atoms with Crippen LogP contribution in [0, 0.1) is 0 Å². The van der Waals surface area contributed by atoms with Crippen LogP contribution in [0.5, 0.6) is 23.0 Å². The number of methoxy groups -OCH3 is 4. The summed E-state index contributed by atoms with van der Waals surface area (Å²) in [6.45, 7) is 0. The number of ether oxygens (including phenoxy) is 4. The first-order chi connectivity index (χ1) is 15.5. The topological polar surface area (TPSA) is 95.1 Å². The van der Waals surface area contributed by atoms with Gasteiger partial charge in [0.25, 0.3) is 11.8 Å². The summed E-state index contributed by atoms with van der Waals surface area (Å²) in [7, 11) is 6.05. The zero-order valence-corrected chi connectivity index (χ0v) is 18.9. The van der Waals surface area contributed by atoms with E-state index in [1.807, 2.05) is 0 Å². The molecule has 2 aromatic rings. The highest BCUT2D eigenvalue weighted by Crippen LogP contribution is 2.32. The largest absolute Gasteiger partial charge is 0.493 e. The Labute approximate surface area is 188 Å². The van der Waals surface area contributed by atoms with Gasteiger partial charge in [0.1, 0.15) is 0 Å². The molecule has 0 spiro atoms. The number of carbonyl (C=O) groups excluding carboxylic acids is 2. The van der Waals surface area contributed by atoms with E-state index in [4.69, 9.17) is 18.9 Å². The second-order valence-electron chi connectivity index (χ2n) is 7.53. The van der Waals surface area contributed by atoms with E-state index in [1.165, 1.54) is 28.4 Å². The first-order valence-corrected chi connectivity index (χ1v) is 10.6. The zero-order chi connectivity index (χ0) is 23.1. The van der Waals surface area contributed by atoms with Gasteiger partial charge in [-0.1, -0.05) is 25.0 Å². The van der Waals surface area contributed by atoms with Crippen molar-refractivity contribution < 1.29 is 28.5 Å². The second-order valence-corrected chi connectivity index (χ2v) is 7.53. The predicted molar refractivity (Wildman–Crippen MR) is 120 cm³/mol. The van der Waals surface area contributed by atoms with Crippen LogP contribution >= 0.6 is 0 Å². The maximum Gasteiger partial charge on any atom is 0.255 e. The summed E-state index contributed by atoms with van der Waals surface area (Å²) < 4.78 is 21.4. The molecule has 1 aliphatic carbocycles. The first kappa shape index (κ1) is 23.2.